The van der Waals surface area contributed by atoms with E-state index < -0.39 is 0 Å². The lowest BCUT2D eigenvalue weighted by Gasteiger charge is -2.20. The van der Waals surface area contributed by atoms with Crippen LogP contribution in [0.5, 0.6) is 0 Å². The number of aliphatic hydroxyl groups is 1. The molecule has 0 saturated heterocycles. The number of aliphatic hydroxyl groups excluding tert-OH is 1. The normalized spacial score (nSPS) is 10.4. The van der Waals surface area contributed by atoms with E-state index in [-0.39, 0.29) is 18.4 Å². The van der Waals surface area contributed by atoms with Crippen LogP contribution in [0, 0.1) is 0 Å². The first kappa shape index (κ1) is 18.9. The minimum atomic E-state index is -0.0401. The van der Waals surface area contributed by atoms with Crippen LogP contribution in [0.2, 0.25) is 0 Å². The molecule has 0 fully saturated rings. The Hall–Kier alpha value is -1.10. The molecule has 5 heteroatoms. The molecule has 0 saturated carbocycles. The van der Waals surface area contributed by atoms with Gasteiger partial charge in [-0.3, -0.25) is 9.59 Å². The van der Waals surface area contributed by atoms with E-state index in [1.165, 1.54) is 24.2 Å². The van der Waals surface area contributed by atoms with Crippen molar-refractivity contribution >= 4 is 11.8 Å². The number of likely N-dealkylation sites (N-methyl/N-ethyl adjacent to an activating group) is 1. The molecule has 0 aliphatic heterocycles. The first-order valence-electron chi connectivity index (χ1n) is 7.61. The molecule has 0 atom stereocenters. The lowest BCUT2D eigenvalue weighted by molar-refractivity contribution is -0.133. The van der Waals surface area contributed by atoms with Gasteiger partial charge in [-0.15, -0.1) is 0 Å². The quantitative estimate of drug-likeness (QED) is 0.587. The lowest BCUT2D eigenvalue weighted by Crippen LogP contribution is -2.34. The van der Waals surface area contributed by atoms with E-state index in [0.717, 1.165) is 12.8 Å². The van der Waals surface area contributed by atoms with Gasteiger partial charge in [0, 0.05) is 40.0 Å². The molecule has 0 heterocycles. The van der Waals surface area contributed by atoms with Crippen LogP contribution in [-0.2, 0) is 9.59 Å². The van der Waals surface area contributed by atoms with Crippen molar-refractivity contribution in [1.82, 2.24) is 9.80 Å². The highest BCUT2D eigenvalue weighted by atomic mass is 16.3. The maximum Gasteiger partial charge on any atom is 0.224 e. The molecule has 0 aromatic rings. The van der Waals surface area contributed by atoms with Crippen molar-refractivity contribution in [2.75, 3.05) is 33.8 Å². The predicted molar refractivity (Wildman–Crippen MR) is 80.4 cm³/mol. The van der Waals surface area contributed by atoms with Crippen molar-refractivity contribution in [3.05, 3.63) is 0 Å². The second-order valence-corrected chi connectivity index (χ2v) is 5.27. The number of amides is 2. The van der Waals surface area contributed by atoms with Crippen LogP contribution in [0.25, 0.3) is 0 Å². The lowest BCUT2D eigenvalue weighted by atomic mass is 10.1. The number of rotatable bonds is 11. The Bertz CT molecular complexity index is 282. The molecule has 0 bridgehead atoms. The van der Waals surface area contributed by atoms with Gasteiger partial charge < -0.3 is 14.9 Å². The Labute approximate surface area is 122 Å². The van der Waals surface area contributed by atoms with Crippen molar-refractivity contribution < 1.29 is 14.7 Å². The average molecular weight is 286 g/mol. The summed E-state index contributed by atoms with van der Waals surface area (Å²) in [7, 11) is 3.40. The van der Waals surface area contributed by atoms with E-state index in [1.54, 1.807) is 19.0 Å². The summed E-state index contributed by atoms with van der Waals surface area (Å²) in [5.74, 6) is 0.0701. The molecule has 0 aliphatic carbocycles. The van der Waals surface area contributed by atoms with E-state index >= 15 is 0 Å². The topological polar surface area (TPSA) is 60.9 Å². The van der Waals surface area contributed by atoms with Crippen LogP contribution in [0.1, 0.15) is 51.9 Å². The minimum Gasteiger partial charge on any atom is -0.395 e. The van der Waals surface area contributed by atoms with Crippen molar-refractivity contribution in [2.24, 2.45) is 0 Å². The highest BCUT2D eigenvalue weighted by molar-refractivity contribution is 5.78. The maximum absolute atomic E-state index is 11.8. The summed E-state index contributed by atoms with van der Waals surface area (Å²) in [4.78, 5) is 26.6. The van der Waals surface area contributed by atoms with E-state index in [0.29, 0.717) is 25.9 Å². The molecule has 118 valence electrons. The molecule has 0 spiro atoms. The van der Waals surface area contributed by atoms with Gasteiger partial charge in [0.2, 0.25) is 11.8 Å². The maximum atomic E-state index is 11.8. The predicted octanol–water partition coefficient (Wildman–Crippen LogP) is 1.65. The van der Waals surface area contributed by atoms with Gasteiger partial charge in [-0.2, -0.15) is 0 Å². The first-order valence-corrected chi connectivity index (χ1v) is 7.61. The summed E-state index contributed by atoms with van der Waals surface area (Å²) in [5, 5.41) is 8.75. The Morgan fingerprint density at radius 1 is 0.850 bits per heavy atom. The zero-order chi connectivity index (χ0) is 15.4. The van der Waals surface area contributed by atoms with Gasteiger partial charge in [-0.25, -0.2) is 0 Å². The number of nitrogens with zero attached hydrogens (tertiary/aromatic N) is 2. The average Bonchev–Trinajstić information content (AvgIpc) is 2.44. The summed E-state index contributed by atoms with van der Waals surface area (Å²) in [6.07, 6.45) is 6.55. The van der Waals surface area contributed by atoms with Crippen molar-refractivity contribution in [3.8, 4) is 0 Å². The molecule has 0 radical (unpaired) electrons. The minimum absolute atomic E-state index is 0.0330. The Kier molecular flexibility index (Phi) is 11.1. The van der Waals surface area contributed by atoms with Gasteiger partial charge in [0.05, 0.1) is 6.61 Å². The molecule has 2 amide bonds. The number of carbonyl (C=O) groups excluding carboxylic acids is 2. The highest BCUT2D eigenvalue weighted by Gasteiger charge is 2.12. The van der Waals surface area contributed by atoms with Crippen LogP contribution in [0.3, 0.4) is 0 Å². The third-order valence-electron chi connectivity index (χ3n) is 3.44. The monoisotopic (exact) mass is 286 g/mol. The van der Waals surface area contributed by atoms with E-state index in [9.17, 15) is 9.59 Å². The number of hydrogen-bond donors (Lipinski definition) is 1. The molecule has 0 unspecified atom stereocenters. The van der Waals surface area contributed by atoms with Crippen LogP contribution in [0.15, 0.2) is 0 Å². The smallest absolute Gasteiger partial charge is 0.224 e. The number of hydrogen-bond acceptors (Lipinski definition) is 3. The van der Waals surface area contributed by atoms with Crippen LogP contribution < -0.4 is 0 Å². The van der Waals surface area contributed by atoms with Crippen LogP contribution in [-0.4, -0.2) is 60.5 Å². The molecule has 1 N–H and O–H groups in total. The molecule has 0 rings (SSSR count). The molecular formula is C15H30N2O3. The second-order valence-electron chi connectivity index (χ2n) is 5.27. The van der Waals surface area contributed by atoms with Gasteiger partial charge in [0.25, 0.3) is 0 Å². The molecule has 0 aromatic carbocycles. The van der Waals surface area contributed by atoms with Crippen LogP contribution in [0.4, 0.5) is 0 Å². The third kappa shape index (κ3) is 8.91. The fourth-order valence-electron chi connectivity index (χ4n) is 1.92. The highest BCUT2D eigenvalue weighted by Crippen LogP contribution is 2.06. The molecule has 5 nitrogen and oxygen atoms in total. The van der Waals surface area contributed by atoms with Gasteiger partial charge in [0.1, 0.15) is 0 Å². The zero-order valence-electron chi connectivity index (χ0n) is 13.2. The van der Waals surface area contributed by atoms with Crippen molar-refractivity contribution in [3.63, 3.8) is 0 Å². The van der Waals surface area contributed by atoms with Crippen LogP contribution >= 0.6 is 0 Å². The first-order chi connectivity index (χ1) is 9.52. The van der Waals surface area contributed by atoms with Crippen molar-refractivity contribution in [1.29, 1.82) is 0 Å². The van der Waals surface area contributed by atoms with E-state index in [4.69, 9.17) is 5.11 Å². The summed E-state index contributed by atoms with van der Waals surface area (Å²) in [6.45, 7) is 2.93. The zero-order valence-corrected chi connectivity index (χ0v) is 13.2. The third-order valence-corrected chi connectivity index (χ3v) is 3.44. The standard InChI is InChI=1S/C15H30N2O3/c1-4-5-6-7-8-9-14(19)16(2)11-10-15(20)17(3)12-13-18/h18H,4-13H2,1-3H3. The van der Waals surface area contributed by atoms with Gasteiger partial charge >= 0.3 is 0 Å². The fourth-order valence-corrected chi connectivity index (χ4v) is 1.92. The second kappa shape index (κ2) is 11.7. The van der Waals surface area contributed by atoms with E-state index in [1.807, 2.05) is 0 Å². The summed E-state index contributed by atoms with van der Waals surface area (Å²) in [6, 6.07) is 0. The Balaban J connectivity index is 3.76. The van der Waals surface area contributed by atoms with Gasteiger partial charge in [-0.05, 0) is 6.42 Å². The summed E-state index contributed by atoms with van der Waals surface area (Å²) >= 11 is 0. The largest absolute Gasteiger partial charge is 0.395 e. The van der Waals surface area contributed by atoms with Gasteiger partial charge in [0.15, 0.2) is 0 Å². The van der Waals surface area contributed by atoms with E-state index in [2.05, 4.69) is 6.92 Å². The summed E-state index contributed by atoms with van der Waals surface area (Å²) < 4.78 is 0. The molecule has 0 aromatic heterocycles. The fraction of sp³-hybridized carbons (Fsp3) is 0.867. The molecule has 0 aliphatic rings. The van der Waals surface area contributed by atoms with Crippen molar-refractivity contribution in [2.45, 2.75) is 51.9 Å². The summed E-state index contributed by atoms with van der Waals surface area (Å²) in [5.41, 5.74) is 0. The number of carbonyl (C=O) groups is 2. The Morgan fingerprint density at radius 2 is 1.40 bits per heavy atom. The number of unbranched alkanes of at least 4 members (excludes halogenated alkanes) is 4. The Morgan fingerprint density at radius 3 is 2.00 bits per heavy atom. The SMILES string of the molecule is CCCCCCCC(=O)N(C)CCC(=O)N(C)CCO. The van der Waals surface area contributed by atoms with Gasteiger partial charge in [-0.1, -0.05) is 32.6 Å². The molecular weight excluding hydrogens is 256 g/mol. The molecule has 20 heavy (non-hydrogen) atoms.